The third-order valence-corrected chi connectivity index (χ3v) is 4.82. The smallest absolute Gasteiger partial charge is 0.0589 e. The zero-order valence-corrected chi connectivity index (χ0v) is 12.6. The minimum absolute atomic E-state index is 0.470. The van der Waals surface area contributed by atoms with Crippen LogP contribution in [0.5, 0.6) is 0 Å². The highest BCUT2D eigenvalue weighted by molar-refractivity contribution is 4.89. The Labute approximate surface area is 113 Å². The molecule has 0 saturated heterocycles. The fourth-order valence-electron chi connectivity index (χ4n) is 3.10. The monoisotopic (exact) mass is 256 g/mol. The molecular weight excluding hydrogens is 224 g/mol. The van der Waals surface area contributed by atoms with Crippen LogP contribution in [-0.2, 0) is 4.74 Å². The number of methoxy groups -OCH3 is 1. The van der Waals surface area contributed by atoms with Crippen molar-refractivity contribution in [1.82, 2.24) is 4.90 Å². The maximum Gasteiger partial charge on any atom is 0.0589 e. The van der Waals surface area contributed by atoms with Crippen molar-refractivity contribution in [2.75, 3.05) is 33.4 Å². The Morgan fingerprint density at radius 2 is 1.89 bits per heavy atom. The van der Waals surface area contributed by atoms with Gasteiger partial charge in [0, 0.05) is 19.7 Å². The van der Waals surface area contributed by atoms with Gasteiger partial charge in [0.05, 0.1) is 6.61 Å². The van der Waals surface area contributed by atoms with E-state index in [1.54, 1.807) is 7.11 Å². The predicted molar refractivity (Wildman–Crippen MR) is 77.8 cm³/mol. The Bertz CT molecular complexity index is 207. The molecule has 3 heteroatoms. The average Bonchev–Trinajstić information content (AvgIpc) is 2.35. The number of rotatable bonds is 10. The van der Waals surface area contributed by atoms with E-state index in [2.05, 4.69) is 18.7 Å². The van der Waals surface area contributed by atoms with Crippen molar-refractivity contribution < 1.29 is 4.74 Å². The fraction of sp³-hybridized carbons (Fsp3) is 1.00. The quantitative estimate of drug-likeness (QED) is 0.653. The van der Waals surface area contributed by atoms with Crippen LogP contribution in [0.15, 0.2) is 0 Å². The van der Waals surface area contributed by atoms with Crippen LogP contribution in [0.4, 0.5) is 0 Å². The lowest BCUT2D eigenvalue weighted by molar-refractivity contribution is 0.0710. The van der Waals surface area contributed by atoms with Crippen LogP contribution in [0.2, 0.25) is 0 Å². The second-order valence-electron chi connectivity index (χ2n) is 5.81. The second kappa shape index (κ2) is 8.13. The zero-order chi connectivity index (χ0) is 13.4. The molecule has 0 aromatic heterocycles. The standard InChI is InChI=1S/C15H32N2O/c1-4-14(5-2)17(11-12-18-3)10-9-15(13-16)7-6-8-15/h14H,4-13,16H2,1-3H3. The Morgan fingerprint density at radius 3 is 2.28 bits per heavy atom. The van der Waals surface area contributed by atoms with Gasteiger partial charge >= 0.3 is 0 Å². The van der Waals surface area contributed by atoms with Crippen molar-refractivity contribution in [1.29, 1.82) is 0 Å². The van der Waals surface area contributed by atoms with Crippen LogP contribution in [0.1, 0.15) is 52.4 Å². The van der Waals surface area contributed by atoms with E-state index in [1.807, 2.05) is 0 Å². The third kappa shape index (κ3) is 4.22. The number of hydrogen-bond donors (Lipinski definition) is 1. The van der Waals surface area contributed by atoms with Crippen LogP contribution in [0.3, 0.4) is 0 Å². The molecule has 18 heavy (non-hydrogen) atoms. The topological polar surface area (TPSA) is 38.5 Å². The number of nitrogens with zero attached hydrogens (tertiary/aromatic N) is 1. The van der Waals surface area contributed by atoms with Crippen molar-refractivity contribution in [3.8, 4) is 0 Å². The van der Waals surface area contributed by atoms with Gasteiger partial charge in [-0.2, -0.15) is 0 Å². The van der Waals surface area contributed by atoms with Gasteiger partial charge < -0.3 is 10.5 Å². The van der Waals surface area contributed by atoms with Gasteiger partial charge in [-0.3, -0.25) is 4.90 Å². The summed E-state index contributed by atoms with van der Waals surface area (Å²) in [7, 11) is 1.79. The van der Waals surface area contributed by atoms with Crippen molar-refractivity contribution in [2.24, 2.45) is 11.1 Å². The Balaban J connectivity index is 2.44. The highest BCUT2D eigenvalue weighted by atomic mass is 16.5. The summed E-state index contributed by atoms with van der Waals surface area (Å²) < 4.78 is 5.24. The number of ether oxygens (including phenoxy) is 1. The molecule has 0 bridgehead atoms. The summed E-state index contributed by atoms with van der Waals surface area (Å²) in [5, 5.41) is 0. The van der Waals surface area contributed by atoms with Crippen LogP contribution in [-0.4, -0.2) is 44.3 Å². The van der Waals surface area contributed by atoms with Crippen molar-refractivity contribution in [3.05, 3.63) is 0 Å². The molecule has 0 heterocycles. The van der Waals surface area contributed by atoms with Crippen molar-refractivity contribution in [3.63, 3.8) is 0 Å². The zero-order valence-electron chi connectivity index (χ0n) is 12.6. The molecule has 2 N–H and O–H groups in total. The minimum Gasteiger partial charge on any atom is -0.383 e. The second-order valence-corrected chi connectivity index (χ2v) is 5.81. The van der Waals surface area contributed by atoms with E-state index in [4.69, 9.17) is 10.5 Å². The highest BCUT2D eigenvalue weighted by Crippen LogP contribution is 2.43. The SMILES string of the molecule is CCC(CC)N(CCOC)CCC1(CN)CCC1. The molecule has 3 nitrogen and oxygen atoms in total. The van der Waals surface area contributed by atoms with Crippen molar-refractivity contribution >= 4 is 0 Å². The molecule has 0 aromatic carbocycles. The van der Waals surface area contributed by atoms with E-state index in [0.29, 0.717) is 11.5 Å². The van der Waals surface area contributed by atoms with E-state index in [0.717, 1.165) is 19.7 Å². The lowest BCUT2D eigenvalue weighted by Gasteiger charge is -2.43. The minimum atomic E-state index is 0.470. The van der Waals surface area contributed by atoms with Gasteiger partial charge in [-0.25, -0.2) is 0 Å². The first-order valence-corrected chi connectivity index (χ1v) is 7.64. The molecule has 0 spiro atoms. The first kappa shape index (κ1) is 15.9. The van der Waals surface area contributed by atoms with E-state index in [-0.39, 0.29) is 0 Å². The Hall–Kier alpha value is -0.120. The first-order valence-electron chi connectivity index (χ1n) is 7.64. The van der Waals surface area contributed by atoms with Crippen LogP contribution >= 0.6 is 0 Å². The average molecular weight is 256 g/mol. The van der Waals surface area contributed by atoms with Gasteiger partial charge in [0.25, 0.3) is 0 Å². The molecule has 1 saturated carbocycles. The maximum absolute atomic E-state index is 5.95. The summed E-state index contributed by atoms with van der Waals surface area (Å²) in [5.74, 6) is 0. The molecule has 0 amide bonds. The first-order chi connectivity index (χ1) is 8.71. The van der Waals surface area contributed by atoms with E-state index in [9.17, 15) is 0 Å². The summed E-state index contributed by atoms with van der Waals surface area (Å²) in [4.78, 5) is 2.61. The normalized spacial score (nSPS) is 18.3. The third-order valence-electron chi connectivity index (χ3n) is 4.82. The predicted octanol–water partition coefficient (Wildman–Crippen LogP) is 2.64. The van der Waals surface area contributed by atoms with Gasteiger partial charge in [0.1, 0.15) is 0 Å². The Kier molecular flexibility index (Phi) is 7.20. The summed E-state index contributed by atoms with van der Waals surface area (Å²) in [6, 6.07) is 0.704. The lowest BCUT2D eigenvalue weighted by atomic mass is 9.66. The van der Waals surface area contributed by atoms with E-state index in [1.165, 1.54) is 45.1 Å². The van der Waals surface area contributed by atoms with Crippen LogP contribution in [0.25, 0.3) is 0 Å². The fourth-order valence-corrected chi connectivity index (χ4v) is 3.10. The molecule has 1 fully saturated rings. The molecular formula is C15H32N2O. The molecule has 108 valence electrons. The number of hydrogen-bond acceptors (Lipinski definition) is 3. The van der Waals surface area contributed by atoms with Gasteiger partial charge in [-0.05, 0) is 50.6 Å². The molecule has 1 rings (SSSR count). The molecule has 0 aromatic rings. The summed E-state index contributed by atoms with van der Waals surface area (Å²) in [6.45, 7) is 8.53. The van der Waals surface area contributed by atoms with Gasteiger partial charge in [-0.1, -0.05) is 20.3 Å². The number of nitrogens with two attached hydrogens (primary N) is 1. The van der Waals surface area contributed by atoms with Gasteiger partial charge in [-0.15, -0.1) is 0 Å². The lowest BCUT2D eigenvalue weighted by Crippen LogP contribution is -2.44. The van der Waals surface area contributed by atoms with E-state index < -0.39 is 0 Å². The summed E-state index contributed by atoms with van der Waals surface area (Å²) in [6.07, 6.45) is 7.78. The van der Waals surface area contributed by atoms with Crippen LogP contribution in [0, 0.1) is 5.41 Å². The Morgan fingerprint density at radius 1 is 1.22 bits per heavy atom. The maximum atomic E-state index is 5.95. The summed E-state index contributed by atoms with van der Waals surface area (Å²) >= 11 is 0. The van der Waals surface area contributed by atoms with E-state index >= 15 is 0 Å². The van der Waals surface area contributed by atoms with Crippen LogP contribution < -0.4 is 5.73 Å². The van der Waals surface area contributed by atoms with Crippen molar-refractivity contribution in [2.45, 2.75) is 58.4 Å². The molecule has 1 aliphatic rings. The molecule has 0 aliphatic heterocycles. The molecule has 0 atom stereocenters. The van der Waals surface area contributed by atoms with Gasteiger partial charge in [0.15, 0.2) is 0 Å². The highest BCUT2D eigenvalue weighted by Gasteiger charge is 2.35. The molecule has 0 radical (unpaired) electrons. The molecule has 1 aliphatic carbocycles. The summed E-state index contributed by atoms with van der Waals surface area (Å²) in [5.41, 5.74) is 6.42. The molecule has 0 unspecified atom stereocenters. The largest absolute Gasteiger partial charge is 0.383 e. The van der Waals surface area contributed by atoms with Gasteiger partial charge in [0.2, 0.25) is 0 Å².